The molecule has 1 aliphatic heterocycles. The molecule has 7 nitrogen and oxygen atoms in total. The molecule has 1 aliphatic rings. The predicted molar refractivity (Wildman–Crippen MR) is 98.5 cm³/mol. The summed E-state index contributed by atoms with van der Waals surface area (Å²) in [6.07, 6.45) is 3.14. The second-order valence-electron chi connectivity index (χ2n) is 6.50. The molecule has 3 rings (SSSR count). The minimum absolute atomic E-state index is 0.0818. The molecule has 8 heteroatoms. The maximum Gasteiger partial charge on any atom is 0.352 e. The minimum atomic E-state index is -1.32. The minimum Gasteiger partial charge on any atom is -0.477 e. The second kappa shape index (κ2) is 7.47. The third kappa shape index (κ3) is 3.59. The number of carboxylic acid groups (broad SMARTS) is 1. The zero-order valence-corrected chi connectivity index (χ0v) is 15.2. The van der Waals surface area contributed by atoms with Crippen molar-refractivity contribution in [2.24, 2.45) is 0 Å². The van der Waals surface area contributed by atoms with Gasteiger partial charge < -0.3 is 10.1 Å². The summed E-state index contributed by atoms with van der Waals surface area (Å²) in [5.74, 6) is -1.32. The van der Waals surface area contributed by atoms with Crippen LogP contribution in [0.4, 0.5) is 0 Å². The molecule has 0 unspecified atom stereocenters. The Labute approximate surface area is 154 Å². The number of aromatic amines is 1. The SMILES string of the molecule is Cc1ccc(Cl)cc1-n1c(=O)[nH]c(C(=O)O)c(CN2CCCCC2)c1=O. The largest absolute Gasteiger partial charge is 0.477 e. The Balaban J connectivity index is 2.19. The van der Waals surface area contributed by atoms with E-state index in [0.29, 0.717) is 16.3 Å². The van der Waals surface area contributed by atoms with Crippen LogP contribution in [-0.2, 0) is 6.54 Å². The highest BCUT2D eigenvalue weighted by Crippen LogP contribution is 2.18. The quantitative estimate of drug-likeness (QED) is 0.851. The summed E-state index contributed by atoms with van der Waals surface area (Å²) in [7, 11) is 0. The van der Waals surface area contributed by atoms with Crippen molar-refractivity contribution in [2.45, 2.75) is 32.7 Å². The molecule has 2 heterocycles. The van der Waals surface area contributed by atoms with Gasteiger partial charge in [0.25, 0.3) is 5.56 Å². The van der Waals surface area contributed by atoms with Gasteiger partial charge in [-0.2, -0.15) is 0 Å². The number of halogens is 1. The maximum atomic E-state index is 13.1. The van der Waals surface area contributed by atoms with Gasteiger partial charge in [0.2, 0.25) is 0 Å². The Bertz CT molecular complexity index is 958. The molecule has 1 aromatic heterocycles. The van der Waals surface area contributed by atoms with Gasteiger partial charge in [-0.25, -0.2) is 14.2 Å². The number of H-pyrrole nitrogens is 1. The normalized spacial score (nSPS) is 15.2. The van der Waals surface area contributed by atoms with E-state index in [1.165, 1.54) is 6.07 Å². The molecule has 1 saturated heterocycles. The summed E-state index contributed by atoms with van der Waals surface area (Å²) < 4.78 is 0.965. The van der Waals surface area contributed by atoms with Gasteiger partial charge in [-0.15, -0.1) is 0 Å². The van der Waals surface area contributed by atoms with E-state index in [9.17, 15) is 19.5 Å². The van der Waals surface area contributed by atoms with Crippen molar-refractivity contribution < 1.29 is 9.90 Å². The van der Waals surface area contributed by atoms with Crippen LogP contribution in [-0.4, -0.2) is 38.6 Å². The van der Waals surface area contributed by atoms with Gasteiger partial charge in [0.05, 0.1) is 11.3 Å². The Morgan fingerprint density at radius 3 is 2.58 bits per heavy atom. The van der Waals surface area contributed by atoms with Crippen LogP contribution < -0.4 is 11.2 Å². The molecule has 0 amide bonds. The van der Waals surface area contributed by atoms with Crippen LogP contribution in [0.15, 0.2) is 27.8 Å². The van der Waals surface area contributed by atoms with Gasteiger partial charge in [0.1, 0.15) is 5.69 Å². The first-order chi connectivity index (χ1) is 12.4. The first kappa shape index (κ1) is 18.4. The standard InChI is InChI=1S/C18H20ClN3O4/c1-11-5-6-12(19)9-14(11)22-16(23)13(10-21-7-3-2-4-8-21)15(17(24)25)20-18(22)26/h5-6,9H,2-4,7-8,10H2,1H3,(H,20,26)(H,24,25). The van der Waals surface area contributed by atoms with Crippen molar-refractivity contribution in [2.75, 3.05) is 13.1 Å². The van der Waals surface area contributed by atoms with Crippen molar-refractivity contribution in [3.05, 3.63) is 60.9 Å². The summed E-state index contributed by atoms with van der Waals surface area (Å²) in [5.41, 5.74) is -0.642. The average molecular weight is 378 g/mol. The molecule has 0 aliphatic carbocycles. The summed E-state index contributed by atoms with van der Waals surface area (Å²) in [5, 5.41) is 9.83. The van der Waals surface area contributed by atoms with Crippen LogP contribution in [0, 0.1) is 6.92 Å². The molecule has 0 saturated carbocycles. The first-order valence-corrected chi connectivity index (χ1v) is 8.86. The highest BCUT2D eigenvalue weighted by atomic mass is 35.5. The number of benzene rings is 1. The fraction of sp³-hybridized carbons (Fsp3) is 0.389. The van der Waals surface area contributed by atoms with Gasteiger partial charge in [-0.3, -0.25) is 9.69 Å². The first-order valence-electron chi connectivity index (χ1n) is 8.49. The number of hydrogen-bond donors (Lipinski definition) is 2. The number of hydrogen-bond acceptors (Lipinski definition) is 4. The van der Waals surface area contributed by atoms with E-state index in [2.05, 4.69) is 4.98 Å². The number of nitrogens with one attached hydrogen (secondary N) is 1. The van der Waals surface area contributed by atoms with Crippen LogP contribution >= 0.6 is 11.6 Å². The topological polar surface area (TPSA) is 95.4 Å². The van der Waals surface area contributed by atoms with Gasteiger partial charge in [0.15, 0.2) is 0 Å². The van der Waals surface area contributed by atoms with E-state index < -0.39 is 17.2 Å². The van der Waals surface area contributed by atoms with Crippen LogP contribution in [0.3, 0.4) is 0 Å². The lowest BCUT2D eigenvalue weighted by Gasteiger charge is -2.26. The Morgan fingerprint density at radius 2 is 1.92 bits per heavy atom. The summed E-state index contributed by atoms with van der Waals surface area (Å²) in [6, 6.07) is 4.90. The van der Waals surface area contributed by atoms with Crippen LogP contribution in [0.1, 0.15) is 40.9 Å². The molecule has 0 bridgehead atoms. The van der Waals surface area contributed by atoms with Crippen molar-refractivity contribution in [1.82, 2.24) is 14.5 Å². The third-order valence-electron chi connectivity index (χ3n) is 4.65. The summed E-state index contributed by atoms with van der Waals surface area (Å²) in [6.45, 7) is 3.55. The fourth-order valence-corrected chi connectivity index (χ4v) is 3.45. The van der Waals surface area contributed by atoms with Crippen LogP contribution in [0.5, 0.6) is 0 Å². The number of nitrogens with zero attached hydrogens (tertiary/aromatic N) is 2. The number of aromatic nitrogens is 2. The van der Waals surface area contributed by atoms with E-state index >= 15 is 0 Å². The second-order valence-corrected chi connectivity index (χ2v) is 6.93. The van der Waals surface area contributed by atoms with Gasteiger partial charge in [-0.05, 0) is 50.6 Å². The molecule has 2 aromatic rings. The van der Waals surface area contributed by atoms with Crippen molar-refractivity contribution in [3.63, 3.8) is 0 Å². The van der Waals surface area contributed by atoms with Crippen molar-refractivity contribution in [1.29, 1.82) is 0 Å². The lowest BCUT2D eigenvalue weighted by atomic mass is 10.1. The number of carboxylic acids is 1. The van der Waals surface area contributed by atoms with Crippen LogP contribution in [0.25, 0.3) is 5.69 Å². The number of aromatic carboxylic acids is 1. The molecule has 138 valence electrons. The van der Waals surface area contributed by atoms with Crippen molar-refractivity contribution in [3.8, 4) is 5.69 Å². The fourth-order valence-electron chi connectivity index (χ4n) is 3.29. The zero-order chi connectivity index (χ0) is 18.8. The number of piperidine rings is 1. The van der Waals surface area contributed by atoms with Crippen LogP contribution in [0.2, 0.25) is 5.02 Å². The average Bonchev–Trinajstić information content (AvgIpc) is 2.61. The Hall–Kier alpha value is -2.38. The Kier molecular flexibility index (Phi) is 5.29. The van der Waals surface area contributed by atoms with E-state index in [1.807, 2.05) is 4.90 Å². The van der Waals surface area contributed by atoms with E-state index in [4.69, 9.17) is 11.6 Å². The molecule has 1 fully saturated rings. The zero-order valence-electron chi connectivity index (χ0n) is 14.4. The molecule has 0 spiro atoms. The number of likely N-dealkylation sites (tertiary alicyclic amines) is 1. The predicted octanol–water partition coefficient (Wildman–Crippen LogP) is 2.17. The highest BCUT2D eigenvalue weighted by Gasteiger charge is 2.23. The Morgan fingerprint density at radius 1 is 1.23 bits per heavy atom. The summed E-state index contributed by atoms with van der Waals surface area (Å²) >= 11 is 6.02. The lowest BCUT2D eigenvalue weighted by Crippen LogP contribution is -2.41. The number of aryl methyl sites for hydroxylation is 1. The van der Waals surface area contributed by atoms with E-state index in [1.54, 1.807) is 19.1 Å². The molecular weight excluding hydrogens is 358 g/mol. The van der Waals surface area contributed by atoms with E-state index in [-0.39, 0.29) is 17.8 Å². The third-order valence-corrected chi connectivity index (χ3v) is 4.89. The van der Waals surface area contributed by atoms with E-state index in [0.717, 1.165) is 36.9 Å². The van der Waals surface area contributed by atoms with Gasteiger partial charge >= 0.3 is 11.7 Å². The molecular formula is C18H20ClN3O4. The molecule has 1 aromatic carbocycles. The summed E-state index contributed by atoms with van der Waals surface area (Å²) in [4.78, 5) is 41.5. The maximum absolute atomic E-state index is 13.1. The molecule has 26 heavy (non-hydrogen) atoms. The molecule has 0 atom stereocenters. The highest BCUT2D eigenvalue weighted by molar-refractivity contribution is 6.30. The van der Waals surface area contributed by atoms with Gasteiger partial charge in [0, 0.05) is 11.6 Å². The molecule has 2 N–H and O–H groups in total. The number of rotatable bonds is 4. The van der Waals surface area contributed by atoms with Gasteiger partial charge in [-0.1, -0.05) is 24.1 Å². The molecule has 0 radical (unpaired) electrons. The smallest absolute Gasteiger partial charge is 0.352 e. The lowest BCUT2D eigenvalue weighted by molar-refractivity contribution is 0.0686. The van der Waals surface area contributed by atoms with Crippen molar-refractivity contribution >= 4 is 17.6 Å². The monoisotopic (exact) mass is 377 g/mol. The number of carbonyl (C=O) groups is 1.